The van der Waals surface area contributed by atoms with Gasteiger partial charge in [0.15, 0.2) is 0 Å². The van der Waals surface area contributed by atoms with E-state index in [0.29, 0.717) is 18.8 Å². The summed E-state index contributed by atoms with van der Waals surface area (Å²) in [5.74, 6) is 2.04. The van der Waals surface area contributed by atoms with Crippen molar-refractivity contribution in [1.82, 2.24) is 9.80 Å². The highest BCUT2D eigenvalue weighted by Gasteiger charge is 2.36. The smallest absolute Gasteiger partial charge is 0.309 e. The Hall–Kier alpha value is -3.32. The fraction of sp³-hybridized carbons (Fsp3) is 0.407. The second kappa shape index (κ2) is 11.2. The molecule has 7 heteroatoms. The molecule has 2 aromatic carbocycles. The fourth-order valence-corrected chi connectivity index (χ4v) is 3.77. The molecule has 0 saturated carbocycles. The molecule has 0 N–H and O–H groups in total. The molecule has 0 aromatic heterocycles. The first kappa shape index (κ1) is 25.3. The van der Waals surface area contributed by atoms with Gasteiger partial charge in [0, 0.05) is 19.2 Å². The van der Waals surface area contributed by atoms with E-state index in [0.717, 1.165) is 34.7 Å². The Morgan fingerprint density at radius 3 is 2.32 bits per heavy atom. The topological polar surface area (TPSA) is 63.6 Å². The zero-order valence-corrected chi connectivity index (χ0v) is 21.2. The Kier molecular flexibility index (Phi) is 8.34. The summed E-state index contributed by atoms with van der Waals surface area (Å²) in [7, 11) is 7.29. The molecular weight excluding hydrogens is 430 g/mol. The summed E-state index contributed by atoms with van der Waals surface area (Å²) in [6, 6.07) is 13.8. The lowest BCUT2D eigenvalue weighted by atomic mass is 10.1. The number of hydrogen-bond donors (Lipinski definition) is 0. The number of rotatable bonds is 7. The molecule has 2 aromatic rings. The van der Waals surface area contributed by atoms with E-state index in [1.165, 1.54) is 5.56 Å². The molecular formula is C27H35N3O4. The van der Waals surface area contributed by atoms with E-state index >= 15 is 0 Å². The second-order valence-corrected chi connectivity index (χ2v) is 8.98. The normalized spacial score (nSPS) is 14.0. The Morgan fingerprint density at radius 1 is 1.12 bits per heavy atom. The van der Waals surface area contributed by atoms with Gasteiger partial charge in [-0.25, -0.2) is 4.99 Å². The van der Waals surface area contributed by atoms with Crippen LogP contribution in [0.4, 0.5) is 0 Å². The van der Waals surface area contributed by atoms with E-state index < -0.39 is 0 Å². The van der Waals surface area contributed by atoms with Crippen LogP contribution in [0.5, 0.6) is 11.5 Å². The molecule has 3 rings (SSSR count). The number of aliphatic imine (C=N–C) groups is 1. The second-order valence-electron chi connectivity index (χ2n) is 8.98. The van der Waals surface area contributed by atoms with Crippen molar-refractivity contribution in [3.8, 4) is 11.5 Å². The summed E-state index contributed by atoms with van der Waals surface area (Å²) in [6.07, 6.45) is -0.0510. The minimum Gasteiger partial charge on any atom is -0.497 e. The monoisotopic (exact) mass is 465 g/mol. The Labute approximate surface area is 202 Å². The SMILES string of the molecule is CN=C(OC(=C(C)C)c1ccc(OC)cc1)C(=O)N1CC(Oc2ccc(CN(C)C)cc2C)C1. The predicted molar refractivity (Wildman–Crippen MR) is 135 cm³/mol. The van der Waals surface area contributed by atoms with Gasteiger partial charge in [-0.2, -0.15) is 0 Å². The number of carbonyl (C=O) groups excluding carboxylic acids is 1. The summed E-state index contributed by atoms with van der Waals surface area (Å²) in [5, 5.41) is 0. The van der Waals surface area contributed by atoms with Crippen LogP contribution in [-0.4, -0.2) is 69.1 Å². The molecule has 182 valence electrons. The van der Waals surface area contributed by atoms with E-state index in [9.17, 15) is 4.79 Å². The maximum Gasteiger partial charge on any atom is 0.309 e. The van der Waals surface area contributed by atoms with E-state index in [2.05, 4.69) is 36.1 Å². The summed E-state index contributed by atoms with van der Waals surface area (Å²) in [5.41, 5.74) is 4.13. The van der Waals surface area contributed by atoms with E-state index in [1.807, 2.05) is 51.1 Å². The van der Waals surface area contributed by atoms with Crippen LogP contribution in [0.2, 0.25) is 0 Å². The maximum atomic E-state index is 13.0. The average Bonchev–Trinajstić information content (AvgIpc) is 2.77. The molecule has 1 fully saturated rings. The van der Waals surface area contributed by atoms with Crippen molar-refractivity contribution in [2.24, 2.45) is 4.99 Å². The zero-order chi connectivity index (χ0) is 24.8. The number of aryl methyl sites for hydroxylation is 1. The van der Waals surface area contributed by atoms with Gasteiger partial charge in [-0.3, -0.25) is 4.79 Å². The maximum absolute atomic E-state index is 13.0. The van der Waals surface area contributed by atoms with Gasteiger partial charge >= 0.3 is 5.91 Å². The third kappa shape index (κ3) is 6.17. The van der Waals surface area contributed by atoms with E-state index in [4.69, 9.17) is 14.2 Å². The number of hydrogen-bond acceptors (Lipinski definition) is 6. The molecule has 1 amide bonds. The Balaban J connectivity index is 1.60. The summed E-state index contributed by atoms with van der Waals surface area (Å²) in [6.45, 7) is 7.80. The van der Waals surface area contributed by atoms with Crippen LogP contribution in [0.25, 0.3) is 5.76 Å². The highest BCUT2D eigenvalue weighted by Crippen LogP contribution is 2.26. The highest BCUT2D eigenvalue weighted by atomic mass is 16.5. The standard InChI is InChI=1S/C27H35N3O4/c1-18(2)25(21-9-11-22(32-7)12-10-21)34-26(28-4)27(31)30-16-23(17-30)33-24-13-8-20(14-19(24)3)15-29(5)6/h8-14,23H,15-17H2,1-7H3. The summed E-state index contributed by atoms with van der Waals surface area (Å²) < 4.78 is 17.4. The van der Waals surface area contributed by atoms with Crippen molar-refractivity contribution in [3.05, 3.63) is 64.7 Å². The lowest BCUT2D eigenvalue weighted by molar-refractivity contribution is -0.133. The van der Waals surface area contributed by atoms with Crippen LogP contribution in [0.15, 0.2) is 53.0 Å². The quantitative estimate of drug-likeness (QED) is 0.349. The number of methoxy groups -OCH3 is 1. The first-order valence-corrected chi connectivity index (χ1v) is 11.4. The predicted octanol–water partition coefficient (Wildman–Crippen LogP) is 4.15. The Bertz CT molecular complexity index is 1060. The first-order chi connectivity index (χ1) is 16.2. The molecule has 7 nitrogen and oxygen atoms in total. The molecule has 1 heterocycles. The molecule has 0 atom stereocenters. The number of allylic oxidation sites excluding steroid dienone is 1. The minimum atomic E-state index is -0.243. The van der Waals surface area contributed by atoms with Gasteiger partial charge in [0.05, 0.1) is 20.2 Å². The van der Waals surface area contributed by atoms with Crippen molar-refractivity contribution in [2.45, 2.75) is 33.4 Å². The number of amides is 1. The van der Waals surface area contributed by atoms with Gasteiger partial charge < -0.3 is 24.0 Å². The van der Waals surface area contributed by atoms with Crippen LogP contribution in [0.1, 0.15) is 30.5 Å². The van der Waals surface area contributed by atoms with E-state index in [1.54, 1.807) is 19.1 Å². The van der Waals surface area contributed by atoms with Crippen LogP contribution in [0.3, 0.4) is 0 Å². The molecule has 34 heavy (non-hydrogen) atoms. The Morgan fingerprint density at radius 2 is 1.79 bits per heavy atom. The van der Waals surface area contributed by atoms with Gasteiger partial charge in [-0.15, -0.1) is 0 Å². The molecule has 1 aliphatic rings. The van der Waals surface area contributed by atoms with Crippen LogP contribution in [0, 0.1) is 6.92 Å². The molecule has 1 aliphatic heterocycles. The first-order valence-electron chi connectivity index (χ1n) is 11.4. The minimum absolute atomic E-state index is 0.0510. The van der Waals surface area contributed by atoms with Gasteiger partial charge in [-0.05, 0) is 81.9 Å². The number of likely N-dealkylation sites (tertiary alicyclic amines) is 1. The number of carbonyl (C=O) groups is 1. The van der Waals surface area contributed by atoms with Gasteiger partial charge in [0.1, 0.15) is 23.4 Å². The molecule has 0 unspecified atom stereocenters. The summed E-state index contributed by atoms with van der Waals surface area (Å²) in [4.78, 5) is 21.0. The van der Waals surface area contributed by atoms with Gasteiger partial charge in [-0.1, -0.05) is 12.1 Å². The van der Waals surface area contributed by atoms with E-state index in [-0.39, 0.29) is 17.9 Å². The van der Waals surface area contributed by atoms with Crippen molar-refractivity contribution in [2.75, 3.05) is 41.3 Å². The molecule has 0 aliphatic carbocycles. The third-order valence-electron chi connectivity index (χ3n) is 5.56. The van der Waals surface area contributed by atoms with Crippen molar-refractivity contribution >= 4 is 17.6 Å². The fourth-order valence-electron chi connectivity index (χ4n) is 3.77. The van der Waals surface area contributed by atoms with Crippen molar-refractivity contribution < 1.29 is 19.0 Å². The molecule has 0 bridgehead atoms. The molecule has 0 radical (unpaired) electrons. The lowest BCUT2D eigenvalue weighted by Crippen LogP contribution is -2.58. The molecule has 1 saturated heterocycles. The highest BCUT2D eigenvalue weighted by molar-refractivity contribution is 6.36. The largest absolute Gasteiger partial charge is 0.497 e. The lowest BCUT2D eigenvalue weighted by Gasteiger charge is -2.39. The number of nitrogens with zero attached hydrogens (tertiary/aromatic N) is 3. The average molecular weight is 466 g/mol. The van der Waals surface area contributed by atoms with Gasteiger partial charge in [0.2, 0.25) is 0 Å². The van der Waals surface area contributed by atoms with Crippen LogP contribution >= 0.6 is 0 Å². The number of ether oxygens (including phenoxy) is 3. The van der Waals surface area contributed by atoms with Gasteiger partial charge in [0.25, 0.3) is 5.90 Å². The van der Waals surface area contributed by atoms with Crippen molar-refractivity contribution in [1.29, 1.82) is 0 Å². The molecule has 0 spiro atoms. The van der Waals surface area contributed by atoms with Crippen LogP contribution in [-0.2, 0) is 16.1 Å². The number of benzene rings is 2. The van der Waals surface area contributed by atoms with Crippen LogP contribution < -0.4 is 9.47 Å². The van der Waals surface area contributed by atoms with Crippen molar-refractivity contribution in [3.63, 3.8) is 0 Å². The third-order valence-corrected chi connectivity index (χ3v) is 5.56. The zero-order valence-electron chi connectivity index (χ0n) is 21.2. The summed E-state index contributed by atoms with van der Waals surface area (Å²) >= 11 is 0.